The molecular formula is C8H8Cl2N2O2. The summed E-state index contributed by atoms with van der Waals surface area (Å²) in [7, 11) is 0. The number of nitrogen functional groups attached to an aromatic ring is 1. The molecule has 0 aliphatic heterocycles. The second-order valence-corrected chi connectivity index (χ2v) is 3.53. The Bertz CT molecular complexity index is 359. The SMILES string of the molecule is Nc1c(Cl)cc([C@H](N)C(=O)O)cc1Cl. The first kappa shape index (κ1) is 11.1. The lowest BCUT2D eigenvalue weighted by molar-refractivity contribution is -0.138. The largest absolute Gasteiger partial charge is 0.480 e. The summed E-state index contributed by atoms with van der Waals surface area (Å²) in [4.78, 5) is 10.6. The van der Waals surface area contributed by atoms with Crippen LogP contribution in [0.25, 0.3) is 0 Å². The third-order valence-corrected chi connectivity index (χ3v) is 2.35. The molecule has 0 amide bonds. The van der Waals surface area contributed by atoms with Crippen molar-refractivity contribution in [3.63, 3.8) is 0 Å². The van der Waals surface area contributed by atoms with E-state index in [0.29, 0.717) is 5.56 Å². The molecule has 0 radical (unpaired) electrons. The Hall–Kier alpha value is -0.970. The monoisotopic (exact) mass is 234 g/mol. The van der Waals surface area contributed by atoms with E-state index in [1.165, 1.54) is 12.1 Å². The van der Waals surface area contributed by atoms with E-state index in [1.54, 1.807) is 0 Å². The number of aliphatic carboxylic acids is 1. The lowest BCUT2D eigenvalue weighted by atomic mass is 10.1. The van der Waals surface area contributed by atoms with Gasteiger partial charge in [0, 0.05) is 0 Å². The molecule has 6 heteroatoms. The molecule has 0 saturated heterocycles. The molecule has 0 unspecified atom stereocenters. The van der Waals surface area contributed by atoms with Crippen molar-refractivity contribution in [2.45, 2.75) is 6.04 Å². The van der Waals surface area contributed by atoms with Crippen LogP contribution < -0.4 is 11.5 Å². The van der Waals surface area contributed by atoms with Gasteiger partial charge in [0.1, 0.15) is 6.04 Å². The Morgan fingerprint density at radius 3 is 2.14 bits per heavy atom. The number of carboxylic acid groups (broad SMARTS) is 1. The average molecular weight is 235 g/mol. The van der Waals surface area contributed by atoms with Crippen LogP contribution in [0.2, 0.25) is 10.0 Å². The maximum atomic E-state index is 10.6. The topological polar surface area (TPSA) is 89.3 Å². The number of halogens is 2. The molecule has 14 heavy (non-hydrogen) atoms. The molecule has 0 saturated carbocycles. The van der Waals surface area contributed by atoms with Gasteiger partial charge in [-0.05, 0) is 17.7 Å². The van der Waals surface area contributed by atoms with E-state index in [0.717, 1.165) is 0 Å². The Morgan fingerprint density at radius 1 is 1.36 bits per heavy atom. The number of anilines is 1. The third kappa shape index (κ3) is 2.09. The van der Waals surface area contributed by atoms with Crippen molar-refractivity contribution in [1.82, 2.24) is 0 Å². The molecular weight excluding hydrogens is 227 g/mol. The second kappa shape index (κ2) is 4.04. The number of nitrogens with two attached hydrogens (primary N) is 2. The van der Waals surface area contributed by atoms with Gasteiger partial charge in [0.15, 0.2) is 0 Å². The van der Waals surface area contributed by atoms with Gasteiger partial charge in [-0.25, -0.2) is 0 Å². The van der Waals surface area contributed by atoms with Gasteiger partial charge >= 0.3 is 5.97 Å². The molecule has 0 aromatic heterocycles. The summed E-state index contributed by atoms with van der Waals surface area (Å²) in [6.07, 6.45) is 0. The molecule has 1 rings (SSSR count). The molecule has 1 aromatic carbocycles. The predicted molar refractivity (Wildman–Crippen MR) is 55.4 cm³/mol. The van der Waals surface area contributed by atoms with Crippen molar-refractivity contribution < 1.29 is 9.90 Å². The van der Waals surface area contributed by atoms with Gasteiger partial charge in [-0.1, -0.05) is 23.2 Å². The summed E-state index contributed by atoms with van der Waals surface area (Å²) in [6.45, 7) is 0. The molecule has 0 heterocycles. The van der Waals surface area contributed by atoms with Crippen molar-refractivity contribution in [1.29, 1.82) is 0 Å². The van der Waals surface area contributed by atoms with Crippen LogP contribution >= 0.6 is 23.2 Å². The minimum atomic E-state index is -1.15. The molecule has 1 atom stereocenters. The van der Waals surface area contributed by atoms with E-state index >= 15 is 0 Å². The van der Waals surface area contributed by atoms with Crippen LogP contribution in [0.15, 0.2) is 12.1 Å². The molecule has 0 aliphatic carbocycles. The second-order valence-electron chi connectivity index (χ2n) is 2.71. The van der Waals surface area contributed by atoms with E-state index in [-0.39, 0.29) is 15.7 Å². The van der Waals surface area contributed by atoms with Crippen LogP contribution in [0.1, 0.15) is 11.6 Å². The number of carbonyl (C=O) groups is 1. The van der Waals surface area contributed by atoms with Crippen molar-refractivity contribution in [3.8, 4) is 0 Å². The van der Waals surface area contributed by atoms with Crippen molar-refractivity contribution >= 4 is 34.9 Å². The summed E-state index contributed by atoms with van der Waals surface area (Å²) in [6, 6.07) is 1.63. The van der Waals surface area contributed by atoms with E-state index in [1.807, 2.05) is 0 Å². The standard InChI is InChI=1S/C8H8Cl2N2O2/c9-4-1-3(6(11)8(13)14)2-5(10)7(4)12/h1-2,6H,11-12H2,(H,13,14)/t6-/m0/s1. The highest BCUT2D eigenvalue weighted by molar-refractivity contribution is 6.38. The quantitative estimate of drug-likeness (QED) is 0.680. The fourth-order valence-corrected chi connectivity index (χ4v) is 1.43. The Labute approximate surface area is 90.4 Å². The fourth-order valence-electron chi connectivity index (χ4n) is 0.926. The minimum Gasteiger partial charge on any atom is -0.480 e. The van der Waals surface area contributed by atoms with E-state index < -0.39 is 12.0 Å². The highest BCUT2D eigenvalue weighted by Gasteiger charge is 2.16. The number of hydrogen-bond donors (Lipinski definition) is 3. The zero-order valence-electron chi connectivity index (χ0n) is 7.00. The van der Waals surface area contributed by atoms with Gasteiger partial charge in [0.2, 0.25) is 0 Å². The van der Waals surface area contributed by atoms with Crippen LogP contribution in [-0.4, -0.2) is 11.1 Å². The first-order valence-electron chi connectivity index (χ1n) is 3.66. The van der Waals surface area contributed by atoms with Gasteiger partial charge in [-0.15, -0.1) is 0 Å². The van der Waals surface area contributed by atoms with Crippen LogP contribution in [0.4, 0.5) is 5.69 Å². The summed E-state index contributed by atoms with van der Waals surface area (Å²) >= 11 is 11.4. The lowest BCUT2D eigenvalue weighted by Crippen LogP contribution is -2.20. The highest BCUT2D eigenvalue weighted by atomic mass is 35.5. The summed E-state index contributed by atoms with van der Waals surface area (Å²) in [5.74, 6) is -1.15. The summed E-state index contributed by atoms with van der Waals surface area (Å²) in [5, 5.41) is 9.04. The maximum absolute atomic E-state index is 10.6. The first-order chi connectivity index (χ1) is 6.43. The van der Waals surface area contributed by atoms with Gasteiger partial charge < -0.3 is 16.6 Å². The minimum absolute atomic E-state index is 0.198. The third-order valence-electron chi connectivity index (χ3n) is 1.73. The molecule has 0 fully saturated rings. The maximum Gasteiger partial charge on any atom is 0.325 e. The van der Waals surface area contributed by atoms with E-state index in [4.69, 9.17) is 39.8 Å². The number of hydrogen-bond acceptors (Lipinski definition) is 3. The Kier molecular flexibility index (Phi) is 3.21. The lowest BCUT2D eigenvalue weighted by Gasteiger charge is -2.09. The molecule has 4 nitrogen and oxygen atoms in total. The van der Waals surface area contributed by atoms with Gasteiger partial charge in [0.05, 0.1) is 15.7 Å². The van der Waals surface area contributed by atoms with Crippen LogP contribution in [-0.2, 0) is 4.79 Å². The molecule has 0 bridgehead atoms. The van der Waals surface area contributed by atoms with Gasteiger partial charge in [-0.2, -0.15) is 0 Å². The zero-order valence-corrected chi connectivity index (χ0v) is 8.51. The highest BCUT2D eigenvalue weighted by Crippen LogP contribution is 2.30. The van der Waals surface area contributed by atoms with Crippen LogP contribution in [0.3, 0.4) is 0 Å². The normalized spacial score (nSPS) is 12.5. The average Bonchev–Trinajstić information content (AvgIpc) is 2.12. The molecule has 0 spiro atoms. The number of rotatable bonds is 2. The smallest absolute Gasteiger partial charge is 0.325 e. The van der Waals surface area contributed by atoms with E-state index in [2.05, 4.69) is 0 Å². The molecule has 1 aromatic rings. The van der Waals surface area contributed by atoms with Crippen LogP contribution in [0.5, 0.6) is 0 Å². The van der Waals surface area contributed by atoms with Crippen LogP contribution in [0, 0.1) is 0 Å². The first-order valence-corrected chi connectivity index (χ1v) is 4.42. The summed E-state index contributed by atoms with van der Waals surface area (Å²) in [5.41, 5.74) is 11.4. The van der Waals surface area contributed by atoms with E-state index in [9.17, 15) is 4.79 Å². The van der Waals surface area contributed by atoms with Crippen molar-refractivity contribution in [2.24, 2.45) is 5.73 Å². The summed E-state index contributed by atoms with van der Waals surface area (Å²) < 4.78 is 0. The zero-order chi connectivity index (χ0) is 10.9. The van der Waals surface area contributed by atoms with Crippen molar-refractivity contribution in [2.75, 3.05) is 5.73 Å². The number of benzene rings is 1. The Balaban J connectivity index is 3.19. The molecule has 76 valence electrons. The Morgan fingerprint density at radius 2 is 1.79 bits per heavy atom. The number of carboxylic acids is 1. The fraction of sp³-hybridized carbons (Fsp3) is 0.125. The van der Waals surface area contributed by atoms with Crippen molar-refractivity contribution in [3.05, 3.63) is 27.7 Å². The van der Waals surface area contributed by atoms with Gasteiger partial charge in [0.25, 0.3) is 0 Å². The molecule has 5 N–H and O–H groups in total. The predicted octanol–water partition coefficient (Wildman–Crippen LogP) is 1.66. The molecule has 0 aliphatic rings. The van der Waals surface area contributed by atoms with Gasteiger partial charge in [-0.3, -0.25) is 4.79 Å².